The summed E-state index contributed by atoms with van der Waals surface area (Å²) in [5, 5.41) is 3.82. The van der Waals surface area contributed by atoms with E-state index in [1.54, 1.807) is 11.3 Å². The third-order valence-electron chi connectivity index (χ3n) is 3.60. The van der Waals surface area contributed by atoms with Crippen molar-refractivity contribution in [1.82, 2.24) is 10.3 Å². The molecule has 1 aromatic heterocycles. The van der Waals surface area contributed by atoms with Crippen molar-refractivity contribution in [1.29, 1.82) is 0 Å². The molecule has 5 nitrogen and oxygen atoms in total. The molecule has 0 aliphatic carbocycles. The lowest BCUT2D eigenvalue weighted by atomic mass is 9.79. The minimum Gasteiger partial charge on any atom is -0.392 e. The highest BCUT2D eigenvalue weighted by Crippen LogP contribution is 2.31. The van der Waals surface area contributed by atoms with E-state index in [2.05, 4.69) is 17.2 Å². The number of nitrogens with zero attached hydrogens (tertiary/aromatic N) is 1. The molecule has 0 spiro atoms. The van der Waals surface area contributed by atoms with Crippen LogP contribution in [0, 0.1) is 5.41 Å². The number of nitrogens with one attached hydrogen (secondary N) is 1. The summed E-state index contributed by atoms with van der Waals surface area (Å²) in [6.45, 7) is 3.54. The average Bonchev–Trinajstić information content (AvgIpc) is 2.93. The van der Waals surface area contributed by atoms with Gasteiger partial charge in [-0.05, 0) is 19.3 Å². The Bertz CT molecular complexity index is 496. The van der Waals surface area contributed by atoms with Crippen molar-refractivity contribution in [3.63, 3.8) is 0 Å². The van der Waals surface area contributed by atoms with Crippen molar-refractivity contribution in [3.8, 4) is 0 Å². The predicted molar refractivity (Wildman–Crippen MR) is 82.6 cm³/mol. The van der Waals surface area contributed by atoms with Gasteiger partial charge in [-0.25, -0.2) is 4.98 Å². The van der Waals surface area contributed by atoms with Crippen LogP contribution in [0.15, 0.2) is 6.20 Å². The van der Waals surface area contributed by atoms with Crippen molar-refractivity contribution in [2.75, 3.05) is 13.2 Å². The second-order valence-corrected chi connectivity index (χ2v) is 6.45. The zero-order chi connectivity index (χ0) is 14.6. The minimum absolute atomic E-state index is 0.110. The zero-order valence-electron chi connectivity index (χ0n) is 11.5. The molecule has 0 aromatic carbocycles. The van der Waals surface area contributed by atoms with Gasteiger partial charge in [0.15, 0.2) is 0 Å². The molecule has 1 aliphatic heterocycles. The second kappa shape index (κ2) is 6.60. The van der Waals surface area contributed by atoms with Crippen LogP contribution in [0.4, 0.5) is 0 Å². The summed E-state index contributed by atoms with van der Waals surface area (Å²) in [5.41, 5.74) is 5.03. The lowest BCUT2D eigenvalue weighted by Crippen LogP contribution is -2.51. The maximum Gasteiger partial charge on any atom is 0.233 e. The van der Waals surface area contributed by atoms with Gasteiger partial charge in [-0.1, -0.05) is 19.1 Å². The standard InChI is InChI=1S/C13H19N3O2S2/c1-2-9-7-15-10(20-9)8-16-12(17)13(11(14)19)3-5-18-6-4-13/h7H,2-6,8H2,1H3,(H2,14,19)(H,16,17). The molecule has 1 fully saturated rings. The number of ether oxygens (including phenoxy) is 1. The van der Waals surface area contributed by atoms with Crippen molar-refractivity contribution in [2.24, 2.45) is 11.1 Å². The second-order valence-electron chi connectivity index (χ2n) is 4.82. The first-order valence-electron chi connectivity index (χ1n) is 6.68. The monoisotopic (exact) mass is 313 g/mol. The number of amides is 1. The molecule has 1 aromatic rings. The molecule has 7 heteroatoms. The van der Waals surface area contributed by atoms with Crippen LogP contribution in [0.3, 0.4) is 0 Å². The number of carbonyl (C=O) groups is 1. The van der Waals surface area contributed by atoms with Gasteiger partial charge in [0.05, 0.1) is 11.5 Å². The molecule has 0 radical (unpaired) electrons. The van der Waals surface area contributed by atoms with Gasteiger partial charge < -0.3 is 15.8 Å². The Balaban J connectivity index is 2.00. The van der Waals surface area contributed by atoms with Crippen LogP contribution in [0.5, 0.6) is 0 Å². The smallest absolute Gasteiger partial charge is 0.233 e. The number of nitrogens with two attached hydrogens (primary N) is 1. The Morgan fingerprint density at radius 2 is 2.30 bits per heavy atom. The Labute approximate surface area is 127 Å². The van der Waals surface area contributed by atoms with Gasteiger partial charge in [0.25, 0.3) is 0 Å². The van der Waals surface area contributed by atoms with E-state index in [9.17, 15) is 4.79 Å². The van der Waals surface area contributed by atoms with Crippen molar-refractivity contribution in [2.45, 2.75) is 32.7 Å². The summed E-state index contributed by atoms with van der Waals surface area (Å²) < 4.78 is 5.30. The van der Waals surface area contributed by atoms with E-state index < -0.39 is 5.41 Å². The number of aryl methyl sites for hydroxylation is 1. The number of thiocarbonyl (C=S) groups is 1. The van der Waals surface area contributed by atoms with Crippen LogP contribution in [0.2, 0.25) is 0 Å². The van der Waals surface area contributed by atoms with Crippen molar-refractivity contribution < 1.29 is 9.53 Å². The molecule has 0 saturated carbocycles. The van der Waals surface area contributed by atoms with E-state index >= 15 is 0 Å². The summed E-state index contributed by atoms with van der Waals surface area (Å²) in [6.07, 6.45) is 3.90. The first kappa shape index (κ1) is 15.3. The van der Waals surface area contributed by atoms with Gasteiger partial charge in [0.2, 0.25) is 5.91 Å². The van der Waals surface area contributed by atoms with Gasteiger partial charge >= 0.3 is 0 Å². The average molecular weight is 313 g/mol. The number of thiazole rings is 1. The molecular formula is C13H19N3O2S2. The number of aromatic nitrogens is 1. The van der Waals surface area contributed by atoms with Gasteiger partial charge in [-0.3, -0.25) is 4.79 Å². The fourth-order valence-electron chi connectivity index (χ4n) is 2.22. The molecule has 0 atom stereocenters. The third-order valence-corrected chi connectivity index (χ3v) is 5.14. The van der Waals surface area contributed by atoms with Gasteiger partial charge in [-0.15, -0.1) is 11.3 Å². The van der Waals surface area contributed by atoms with Gasteiger partial charge in [-0.2, -0.15) is 0 Å². The molecule has 1 amide bonds. The molecule has 2 heterocycles. The summed E-state index contributed by atoms with van der Waals surface area (Å²) in [6, 6.07) is 0. The summed E-state index contributed by atoms with van der Waals surface area (Å²) in [7, 11) is 0. The molecular weight excluding hydrogens is 294 g/mol. The maximum absolute atomic E-state index is 12.5. The fraction of sp³-hybridized carbons (Fsp3) is 0.615. The highest BCUT2D eigenvalue weighted by Gasteiger charge is 2.42. The highest BCUT2D eigenvalue weighted by molar-refractivity contribution is 7.80. The Morgan fingerprint density at radius 1 is 1.60 bits per heavy atom. The Hall–Kier alpha value is -1.05. The molecule has 20 heavy (non-hydrogen) atoms. The lowest BCUT2D eigenvalue weighted by Gasteiger charge is -2.34. The summed E-state index contributed by atoms with van der Waals surface area (Å²) in [5.74, 6) is -0.110. The minimum atomic E-state index is -0.765. The Kier molecular flexibility index (Phi) is 5.06. The van der Waals surface area contributed by atoms with Crippen LogP contribution >= 0.6 is 23.6 Å². The maximum atomic E-state index is 12.5. The van der Waals surface area contributed by atoms with Crippen LogP contribution in [-0.4, -0.2) is 29.1 Å². The van der Waals surface area contributed by atoms with Crippen LogP contribution in [-0.2, 0) is 22.5 Å². The van der Waals surface area contributed by atoms with E-state index in [1.807, 2.05) is 6.20 Å². The molecule has 0 bridgehead atoms. The third kappa shape index (κ3) is 3.16. The molecule has 0 unspecified atom stereocenters. The first-order valence-corrected chi connectivity index (χ1v) is 7.90. The van der Waals surface area contributed by atoms with Gasteiger partial charge in [0, 0.05) is 24.3 Å². The van der Waals surface area contributed by atoms with Crippen LogP contribution < -0.4 is 11.1 Å². The molecule has 3 N–H and O–H groups in total. The molecule has 1 aliphatic rings. The molecule has 1 saturated heterocycles. The van der Waals surface area contributed by atoms with E-state index in [0.717, 1.165) is 11.4 Å². The summed E-state index contributed by atoms with van der Waals surface area (Å²) in [4.78, 5) is 18.2. The van der Waals surface area contributed by atoms with E-state index in [4.69, 9.17) is 22.7 Å². The summed E-state index contributed by atoms with van der Waals surface area (Å²) >= 11 is 6.72. The SMILES string of the molecule is CCc1cnc(CNC(=O)C2(C(N)=S)CCOCC2)s1. The van der Waals surface area contributed by atoms with E-state index in [0.29, 0.717) is 32.6 Å². The molecule has 110 valence electrons. The Morgan fingerprint density at radius 3 is 2.85 bits per heavy atom. The molecule has 2 rings (SSSR count). The quantitative estimate of drug-likeness (QED) is 0.804. The predicted octanol–water partition coefficient (Wildman–Crippen LogP) is 1.40. The van der Waals surface area contributed by atoms with Crippen molar-refractivity contribution in [3.05, 3.63) is 16.1 Å². The number of carbonyl (C=O) groups excluding carboxylic acids is 1. The van der Waals surface area contributed by atoms with Crippen LogP contribution in [0.25, 0.3) is 0 Å². The number of rotatable bonds is 5. The zero-order valence-corrected chi connectivity index (χ0v) is 13.1. The largest absolute Gasteiger partial charge is 0.392 e. The normalized spacial score (nSPS) is 17.6. The number of hydrogen-bond acceptors (Lipinski definition) is 5. The van der Waals surface area contributed by atoms with Crippen LogP contribution in [0.1, 0.15) is 29.7 Å². The topological polar surface area (TPSA) is 77.2 Å². The van der Waals surface area contributed by atoms with E-state index in [-0.39, 0.29) is 10.9 Å². The van der Waals surface area contributed by atoms with E-state index in [1.165, 1.54) is 4.88 Å². The fourth-order valence-corrected chi connectivity index (χ4v) is 3.32. The lowest BCUT2D eigenvalue weighted by molar-refractivity contribution is -0.131. The first-order chi connectivity index (χ1) is 9.58. The highest BCUT2D eigenvalue weighted by atomic mass is 32.1. The van der Waals surface area contributed by atoms with Crippen molar-refractivity contribution >= 4 is 34.5 Å². The van der Waals surface area contributed by atoms with Gasteiger partial charge in [0.1, 0.15) is 10.4 Å². The number of hydrogen-bond donors (Lipinski definition) is 2.